The SMILES string of the molecule is CCCc1c(CC)sc(N)c1C(=O)NCC. The van der Waals surface area contributed by atoms with Crippen LogP contribution in [0.15, 0.2) is 0 Å². The zero-order chi connectivity index (χ0) is 12.1. The molecule has 0 aliphatic rings. The molecule has 0 atom stereocenters. The minimum absolute atomic E-state index is 0.0283. The highest BCUT2D eigenvalue weighted by atomic mass is 32.1. The Labute approximate surface area is 101 Å². The third-order valence-electron chi connectivity index (χ3n) is 2.50. The summed E-state index contributed by atoms with van der Waals surface area (Å²) >= 11 is 1.55. The van der Waals surface area contributed by atoms with E-state index in [1.807, 2.05) is 6.92 Å². The summed E-state index contributed by atoms with van der Waals surface area (Å²) in [6.45, 7) is 6.78. The Hall–Kier alpha value is -1.03. The van der Waals surface area contributed by atoms with E-state index in [0.717, 1.165) is 24.8 Å². The van der Waals surface area contributed by atoms with Crippen molar-refractivity contribution >= 4 is 22.2 Å². The minimum atomic E-state index is -0.0283. The van der Waals surface area contributed by atoms with Crippen molar-refractivity contribution in [3.8, 4) is 0 Å². The number of thiophene rings is 1. The summed E-state index contributed by atoms with van der Waals surface area (Å²) < 4.78 is 0. The summed E-state index contributed by atoms with van der Waals surface area (Å²) in [4.78, 5) is 13.2. The molecule has 3 nitrogen and oxygen atoms in total. The number of rotatable bonds is 5. The fourth-order valence-electron chi connectivity index (χ4n) is 1.83. The number of anilines is 1. The summed E-state index contributed by atoms with van der Waals surface area (Å²) in [6, 6.07) is 0. The number of hydrogen-bond donors (Lipinski definition) is 2. The lowest BCUT2D eigenvalue weighted by Gasteiger charge is -2.06. The van der Waals surface area contributed by atoms with Gasteiger partial charge in [0.2, 0.25) is 0 Å². The van der Waals surface area contributed by atoms with Crippen LogP contribution in [0.3, 0.4) is 0 Å². The third kappa shape index (κ3) is 2.55. The maximum absolute atomic E-state index is 11.9. The van der Waals surface area contributed by atoms with Crippen LogP contribution in [0.2, 0.25) is 0 Å². The Bertz CT molecular complexity index is 371. The minimum Gasteiger partial charge on any atom is -0.390 e. The second kappa shape index (κ2) is 5.89. The van der Waals surface area contributed by atoms with E-state index in [1.165, 1.54) is 4.88 Å². The Balaban J connectivity index is 3.13. The lowest BCUT2D eigenvalue weighted by atomic mass is 10.0. The first-order valence-corrected chi connectivity index (χ1v) is 6.65. The van der Waals surface area contributed by atoms with Crippen LogP contribution < -0.4 is 11.1 Å². The van der Waals surface area contributed by atoms with E-state index >= 15 is 0 Å². The van der Waals surface area contributed by atoms with E-state index in [0.29, 0.717) is 17.1 Å². The average molecular weight is 240 g/mol. The lowest BCUT2D eigenvalue weighted by molar-refractivity contribution is 0.0956. The van der Waals surface area contributed by atoms with Crippen molar-refractivity contribution in [1.29, 1.82) is 0 Å². The van der Waals surface area contributed by atoms with Crippen LogP contribution in [-0.4, -0.2) is 12.5 Å². The van der Waals surface area contributed by atoms with Gasteiger partial charge in [-0.2, -0.15) is 0 Å². The fraction of sp³-hybridized carbons (Fsp3) is 0.583. The van der Waals surface area contributed by atoms with E-state index in [1.54, 1.807) is 11.3 Å². The van der Waals surface area contributed by atoms with Crippen molar-refractivity contribution in [2.24, 2.45) is 0 Å². The smallest absolute Gasteiger partial charge is 0.254 e. The van der Waals surface area contributed by atoms with E-state index < -0.39 is 0 Å². The molecule has 1 aromatic rings. The van der Waals surface area contributed by atoms with Crippen molar-refractivity contribution in [3.05, 3.63) is 16.0 Å². The van der Waals surface area contributed by atoms with E-state index in [9.17, 15) is 4.79 Å². The Morgan fingerprint density at radius 2 is 2.06 bits per heavy atom. The second-order valence-electron chi connectivity index (χ2n) is 3.71. The number of carbonyl (C=O) groups is 1. The van der Waals surface area contributed by atoms with Gasteiger partial charge in [-0.15, -0.1) is 11.3 Å². The van der Waals surface area contributed by atoms with Crippen LogP contribution in [0.1, 0.15) is 48.0 Å². The van der Waals surface area contributed by atoms with Crippen molar-refractivity contribution in [2.75, 3.05) is 12.3 Å². The summed E-state index contributed by atoms with van der Waals surface area (Å²) in [7, 11) is 0. The Morgan fingerprint density at radius 3 is 2.56 bits per heavy atom. The van der Waals surface area contributed by atoms with Gasteiger partial charge in [-0.3, -0.25) is 4.79 Å². The Morgan fingerprint density at radius 1 is 1.38 bits per heavy atom. The normalized spacial score (nSPS) is 10.4. The number of amides is 1. The summed E-state index contributed by atoms with van der Waals surface area (Å²) in [6.07, 6.45) is 2.92. The molecule has 0 aliphatic heterocycles. The maximum atomic E-state index is 11.9. The van der Waals surface area contributed by atoms with E-state index in [2.05, 4.69) is 19.2 Å². The molecule has 0 radical (unpaired) electrons. The highest BCUT2D eigenvalue weighted by Gasteiger charge is 2.20. The molecule has 0 saturated heterocycles. The first kappa shape index (κ1) is 13.0. The van der Waals surface area contributed by atoms with Crippen LogP contribution >= 0.6 is 11.3 Å². The van der Waals surface area contributed by atoms with Gasteiger partial charge in [-0.25, -0.2) is 0 Å². The quantitative estimate of drug-likeness (QED) is 0.831. The van der Waals surface area contributed by atoms with Gasteiger partial charge in [-0.05, 0) is 25.3 Å². The largest absolute Gasteiger partial charge is 0.390 e. The first-order valence-electron chi connectivity index (χ1n) is 5.83. The molecule has 1 aromatic heterocycles. The molecule has 1 amide bonds. The monoisotopic (exact) mass is 240 g/mol. The molecule has 0 saturated carbocycles. The summed E-state index contributed by atoms with van der Waals surface area (Å²) in [5, 5.41) is 3.49. The first-order chi connectivity index (χ1) is 7.65. The molecule has 0 spiro atoms. The number of aryl methyl sites for hydroxylation is 1. The highest BCUT2D eigenvalue weighted by molar-refractivity contribution is 7.16. The van der Waals surface area contributed by atoms with Gasteiger partial charge in [-0.1, -0.05) is 20.3 Å². The van der Waals surface area contributed by atoms with Gasteiger partial charge in [0.05, 0.1) is 10.6 Å². The van der Waals surface area contributed by atoms with Gasteiger partial charge >= 0.3 is 0 Å². The highest BCUT2D eigenvalue weighted by Crippen LogP contribution is 2.32. The molecule has 16 heavy (non-hydrogen) atoms. The molecular weight excluding hydrogens is 220 g/mol. The standard InChI is InChI=1S/C12H20N2OS/c1-4-7-8-9(5-2)16-11(13)10(8)12(15)14-6-3/h4-7,13H2,1-3H3,(H,14,15). The molecule has 1 rings (SSSR count). The second-order valence-corrected chi connectivity index (χ2v) is 4.84. The van der Waals surface area contributed by atoms with Gasteiger partial charge in [0.25, 0.3) is 5.91 Å². The number of nitrogen functional groups attached to an aromatic ring is 1. The predicted octanol–water partition coefficient (Wildman–Crippen LogP) is 2.59. The molecule has 0 aliphatic carbocycles. The average Bonchev–Trinajstić information content (AvgIpc) is 2.56. The molecule has 0 unspecified atom stereocenters. The molecular formula is C12H20N2OS. The van der Waals surface area contributed by atoms with Crippen molar-refractivity contribution in [3.63, 3.8) is 0 Å². The fourth-order valence-corrected chi connectivity index (χ4v) is 2.89. The molecule has 0 bridgehead atoms. The number of nitrogens with one attached hydrogen (secondary N) is 1. The third-order valence-corrected chi connectivity index (χ3v) is 3.71. The molecule has 3 N–H and O–H groups in total. The number of hydrogen-bond acceptors (Lipinski definition) is 3. The van der Waals surface area contributed by atoms with Crippen LogP contribution in [0.5, 0.6) is 0 Å². The van der Waals surface area contributed by atoms with Gasteiger partial charge < -0.3 is 11.1 Å². The van der Waals surface area contributed by atoms with Crippen molar-refractivity contribution in [2.45, 2.75) is 40.0 Å². The van der Waals surface area contributed by atoms with E-state index in [-0.39, 0.29) is 5.91 Å². The van der Waals surface area contributed by atoms with Crippen LogP contribution in [-0.2, 0) is 12.8 Å². The number of nitrogens with two attached hydrogens (primary N) is 1. The molecule has 0 fully saturated rings. The van der Waals surface area contributed by atoms with Gasteiger partial charge in [0.15, 0.2) is 0 Å². The summed E-state index contributed by atoms with van der Waals surface area (Å²) in [5.41, 5.74) is 7.80. The van der Waals surface area contributed by atoms with Crippen LogP contribution in [0.4, 0.5) is 5.00 Å². The molecule has 4 heteroatoms. The lowest BCUT2D eigenvalue weighted by Crippen LogP contribution is -2.24. The van der Waals surface area contributed by atoms with Crippen LogP contribution in [0, 0.1) is 0 Å². The van der Waals surface area contributed by atoms with Gasteiger partial charge in [0, 0.05) is 11.4 Å². The van der Waals surface area contributed by atoms with Crippen LogP contribution in [0.25, 0.3) is 0 Å². The van der Waals surface area contributed by atoms with Crippen molar-refractivity contribution in [1.82, 2.24) is 5.32 Å². The predicted molar refractivity (Wildman–Crippen MR) is 70.1 cm³/mol. The zero-order valence-corrected chi connectivity index (χ0v) is 11.0. The summed E-state index contributed by atoms with van der Waals surface area (Å²) in [5.74, 6) is -0.0283. The number of carbonyl (C=O) groups excluding carboxylic acids is 1. The van der Waals surface area contributed by atoms with Crippen molar-refractivity contribution < 1.29 is 4.79 Å². The molecule has 0 aromatic carbocycles. The Kier molecular flexibility index (Phi) is 4.80. The zero-order valence-electron chi connectivity index (χ0n) is 10.2. The topological polar surface area (TPSA) is 55.1 Å². The maximum Gasteiger partial charge on any atom is 0.254 e. The molecule has 1 heterocycles. The van der Waals surface area contributed by atoms with Gasteiger partial charge in [0.1, 0.15) is 0 Å². The van der Waals surface area contributed by atoms with E-state index in [4.69, 9.17) is 5.73 Å². The molecule has 90 valence electrons.